The van der Waals surface area contributed by atoms with Gasteiger partial charge >= 0.3 is 0 Å². The lowest BCUT2D eigenvalue weighted by Crippen LogP contribution is -2.14. The van der Waals surface area contributed by atoms with Gasteiger partial charge in [0, 0.05) is 11.0 Å². The summed E-state index contributed by atoms with van der Waals surface area (Å²) in [6, 6.07) is 0. The summed E-state index contributed by atoms with van der Waals surface area (Å²) in [6.07, 6.45) is 7.12. The molecule has 2 rings (SSSR count). The molecule has 52 valence electrons. The molecule has 3 heteroatoms. The van der Waals surface area contributed by atoms with E-state index in [2.05, 4.69) is 0 Å². The fourth-order valence-corrected chi connectivity index (χ4v) is 2.00. The molecule has 0 aliphatic carbocycles. The normalized spacial score (nSPS) is 35.0. The van der Waals surface area contributed by atoms with E-state index in [1.165, 1.54) is 0 Å². The maximum atomic E-state index is 11.0. The molecule has 0 saturated carbocycles. The largest absolute Gasteiger partial charge is 0.480 e. The lowest BCUT2D eigenvalue weighted by Gasteiger charge is -2.12. The van der Waals surface area contributed by atoms with Crippen molar-refractivity contribution in [3.05, 3.63) is 35.5 Å². The zero-order valence-electron chi connectivity index (χ0n) is 5.19. The third-order valence-electron chi connectivity index (χ3n) is 1.45. The van der Waals surface area contributed by atoms with E-state index in [1.54, 1.807) is 17.7 Å². The maximum Gasteiger partial charge on any atom is 0.201 e. The van der Waals surface area contributed by atoms with E-state index in [4.69, 9.17) is 4.74 Å². The first-order chi connectivity index (χ1) is 4.88. The second-order valence-corrected chi connectivity index (χ2v) is 3.45. The first-order valence-corrected chi connectivity index (χ1v) is 4.25. The van der Waals surface area contributed by atoms with E-state index in [9.17, 15) is 4.21 Å². The Labute approximate surface area is 61.3 Å². The molecular weight excluding hydrogens is 148 g/mol. The number of hydrogen-bond donors (Lipinski definition) is 0. The van der Waals surface area contributed by atoms with Crippen LogP contribution in [-0.4, -0.2) is 9.64 Å². The Morgan fingerprint density at radius 1 is 1.60 bits per heavy atom. The van der Waals surface area contributed by atoms with Crippen molar-refractivity contribution in [3.63, 3.8) is 0 Å². The van der Waals surface area contributed by atoms with Crippen LogP contribution in [0.25, 0.3) is 0 Å². The first kappa shape index (κ1) is 5.92. The van der Waals surface area contributed by atoms with E-state index in [1.807, 2.05) is 12.2 Å². The molecule has 2 aliphatic rings. The van der Waals surface area contributed by atoms with Gasteiger partial charge in [0.05, 0.1) is 17.1 Å². The van der Waals surface area contributed by atoms with Crippen LogP contribution in [0.1, 0.15) is 0 Å². The highest BCUT2D eigenvalue weighted by Gasteiger charge is 2.24. The van der Waals surface area contributed by atoms with Crippen LogP contribution in [0.2, 0.25) is 0 Å². The van der Waals surface area contributed by atoms with Crippen LogP contribution in [-0.2, 0) is 15.5 Å². The molecular formula is C7H6O2S. The number of hydrogen-bond acceptors (Lipinski definition) is 2. The van der Waals surface area contributed by atoms with E-state index < -0.39 is 10.8 Å². The maximum absolute atomic E-state index is 11.0. The van der Waals surface area contributed by atoms with Gasteiger partial charge in [-0.2, -0.15) is 0 Å². The Kier molecular flexibility index (Phi) is 1.24. The minimum Gasteiger partial charge on any atom is -0.480 e. The van der Waals surface area contributed by atoms with E-state index in [-0.39, 0.29) is 5.44 Å². The molecule has 2 unspecified atom stereocenters. The first-order valence-electron chi connectivity index (χ1n) is 2.98. The SMILES string of the molecule is O=S1C=CC2=CC=COC21. The summed E-state index contributed by atoms with van der Waals surface area (Å²) >= 11 is 0. The molecule has 0 radical (unpaired) electrons. The van der Waals surface area contributed by atoms with Gasteiger partial charge in [0.2, 0.25) is 5.44 Å². The van der Waals surface area contributed by atoms with E-state index >= 15 is 0 Å². The fourth-order valence-electron chi connectivity index (χ4n) is 0.964. The quantitative estimate of drug-likeness (QED) is 0.521. The topological polar surface area (TPSA) is 26.3 Å². The average molecular weight is 154 g/mol. The van der Waals surface area contributed by atoms with Crippen molar-refractivity contribution in [2.45, 2.75) is 5.44 Å². The van der Waals surface area contributed by atoms with Gasteiger partial charge in [-0.25, -0.2) is 0 Å². The second-order valence-electron chi connectivity index (χ2n) is 2.09. The van der Waals surface area contributed by atoms with Crippen LogP contribution >= 0.6 is 0 Å². The molecule has 0 fully saturated rings. The molecule has 0 aromatic heterocycles. The third kappa shape index (κ3) is 0.743. The smallest absolute Gasteiger partial charge is 0.201 e. The molecule has 2 atom stereocenters. The highest BCUT2D eigenvalue weighted by atomic mass is 32.2. The van der Waals surface area contributed by atoms with Gasteiger partial charge in [-0.3, -0.25) is 4.21 Å². The van der Waals surface area contributed by atoms with Crippen molar-refractivity contribution in [2.75, 3.05) is 0 Å². The minimum absolute atomic E-state index is 0.231. The van der Waals surface area contributed by atoms with Crippen molar-refractivity contribution < 1.29 is 8.95 Å². The number of ether oxygens (including phenoxy) is 1. The van der Waals surface area contributed by atoms with Gasteiger partial charge in [0.25, 0.3) is 0 Å². The highest BCUT2D eigenvalue weighted by molar-refractivity contribution is 7.89. The second kappa shape index (κ2) is 2.09. The van der Waals surface area contributed by atoms with E-state index in [0.29, 0.717) is 0 Å². The van der Waals surface area contributed by atoms with Gasteiger partial charge in [-0.1, -0.05) is 6.08 Å². The lowest BCUT2D eigenvalue weighted by molar-refractivity contribution is 0.247. The van der Waals surface area contributed by atoms with E-state index in [0.717, 1.165) is 5.57 Å². The number of allylic oxidation sites excluding steroid dienone is 2. The Balaban J connectivity index is 2.39. The van der Waals surface area contributed by atoms with Gasteiger partial charge in [0.15, 0.2) is 0 Å². The molecule has 0 N–H and O–H groups in total. The van der Waals surface area contributed by atoms with Crippen molar-refractivity contribution in [1.82, 2.24) is 0 Å². The molecule has 10 heavy (non-hydrogen) atoms. The van der Waals surface area contributed by atoms with Crippen LogP contribution in [0.3, 0.4) is 0 Å². The third-order valence-corrected chi connectivity index (χ3v) is 2.66. The summed E-state index contributed by atoms with van der Waals surface area (Å²) in [5.74, 6) is 0. The molecule has 2 nitrogen and oxygen atoms in total. The molecule has 0 saturated heterocycles. The minimum atomic E-state index is -0.962. The van der Waals surface area contributed by atoms with Crippen molar-refractivity contribution >= 4 is 10.8 Å². The molecule has 0 amide bonds. The molecule has 2 heterocycles. The summed E-state index contributed by atoms with van der Waals surface area (Å²) in [5, 5.41) is 1.66. The summed E-state index contributed by atoms with van der Waals surface area (Å²) in [7, 11) is -0.962. The Morgan fingerprint density at radius 3 is 3.30 bits per heavy atom. The number of rotatable bonds is 0. The summed E-state index contributed by atoms with van der Waals surface area (Å²) < 4.78 is 16.1. The summed E-state index contributed by atoms with van der Waals surface area (Å²) in [6.45, 7) is 0. The van der Waals surface area contributed by atoms with Crippen LogP contribution in [0.15, 0.2) is 35.5 Å². The predicted molar refractivity (Wildman–Crippen MR) is 39.4 cm³/mol. The molecule has 0 aromatic carbocycles. The predicted octanol–water partition coefficient (Wildman–Crippen LogP) is 1.06. The van der Waals surface area contributed by atoms with Crippen LogP contribution in [0.5, 0.6) is 0 Å². The molecule has 0 bridgehead atoms. The Bertz CT molecular complexity index is 263. The van der Waals surface area contributed by atoms with Crippen molar-refractivity contribution in [1.29, 1.82) is 0 Å². The zero-order valence-corrected chi connectivity index (χ0v) is 6.01. The van der Waals surface area contributed by atoms with Crippen molar-refractivity contribution in [3.8, 4) is 0 Å². The van der Waals surface area contributed by atoms with Crippen LogP contribution < -0.4 is 0 Å². The van der Waals surface area contributed by atoms with Gasteiger partial charge in [0.1, 0.15) is 0 Å². The summed E-state index contributed by atoms with van der Waals surface area (Å²) in [4.78, 5) is 0. The standard InChI is InChI=1S/C7H6O2S/c8-10-5-3-6-2-1-4-9-7(6)10/h1-5,7H. The monoisotopic (exact) mass is 154 g/mol. The molecule has 2 aliphatic heterocycles. The van der Waals surface area contributed by atoms with Gasteiger partial charge < -0.3 is 4.74 Å². The number of fused-ring (bicyclic) bond motifs is 1. The molecule has 0 aromatic rings. The zero-order chi connectivity index (χ0) is 6.97. The average Bonchev–Trinajstić information content (AvgIpc) is 2.34. The van der Waals surface area contributed by atoms with Crippen LogP contribution in [0.4, 0.5) is 0 Å². The Hall–Kier alpha value is -0.830. The lowest BCUT2D eigenvalue weighted by atomic mass is 10.2. The summed E-state index contributed by atoms with van der Waals surface area (Å²) in [5.41, 5.74) is 0.769. The van der Waals surface area contributed by atoms with Crippen molar-refractivity contribution in [2.24, 2.45) is 0 Å². The highest BCUT2D eigenvalue weighted by Crippen LogP contribution is 2.23. The fraction of sp³-hybridized carbons (Fsp3) is 0.143. The van der Waals surface area contributed by atoms with Crippen LogP contribution in [0, 0.1) is 0 Å². The Morgan fingerprint density at radius 2 is 2.50 bits per heavy atom. The van der Waals surface area contributed by atoms with Gasteiger partial charge in [-0.15, -0.1) is 0 Å². The van der Waals surface area contributed by atoms with Gasteiger partial charge in [-0.05, 0) is 12.2 Å². The molecule has 0 spiro atoms.